The van der Waals surface area contributed by atoms with E-state index >= 15 is 0 Å². The maximum absolute atomic E-state index is 11.1. The summed E-state index contributed by atoms with van der Waals surface area (Å²) in [6.07, 6.45) is 1.11. The molecular weight excluding hydrogens is 357 g/mol. The summed E-state index contributed by atoms with van der Waals surface area (Å²) < 4.78 is 26.6. The van der Waals surface area contributed by atoms with Gasteiger partial charge in [0.25, 0.3) is 0 Å². The summed E-state index contributed by atoms with van der Waals surface area (Å²) in [5.74, 6) is 0.639. The van der Waals surface area contributed by atoms with Crippen molar-refractivity contribution in [3.8, 4) is 0 Å². The van der Waals surface area contributed by atoms with E-state index in [1.807, 2.05) is 4.57 Å². The van der Waals surface area contributed by atoms with E-state index in [0.717, 1.165) is 11.8 Å². The van der Waals surface area contributed by atoms with E-state index in [1.54, 1.807) is 19.1 Å². The minimum Gasteiger partial charge on any atom is -0.325 e. The first-order chi connectivity index (χ1) is 9.69. The molecule has 1 aromatic heterocycles. The summed E-state index contributed by atoms with van der Waals surface area (Å²) in [5.41, 5.74) is 1.44. The Morgan fingerprint density at radius 1 is 1.33 bits per heavy atom. The lowest BCUT2D eigenvalue weighted by Crippen LogP contribution is -2.26. The van der Waals surface area contributed by atoms with Crippen LogP contribution >= 0.6 is 34.8 Å². The number of halogens is 3. The lowest BCUT2D eigenvalue weighted by atomic mass is 10.3. The summed E-state index contributed by atoms with van der Waals surface area (Å²) in [6.45, 7) is 2.43. The van der Waals surface area contributed by atoms with Crippen molar-refractivity contribution in [2.75, 3.05) is 12.8 Å². The Balaban J connectivity index is 2.43. The van der Waals surface area contributed by atoms with E-state index < -0.39 is 10.0 Å². The number of nitrogens with one attached hydrogen (secondary N) is 1. The van der Waals surface area contributed by atoms with Crippen LogP contribution in [0.15, 0.2) is 12.1 Å². The Kier molecular flexibility index (Phi) is 5.05. The van der Waals surface area contributed by atoms with E-state index in [1.165, 1.54) is 0 Å². The average Bonchev–Trinajstić information content (AvgIpc) is 2.67. The smallest absolute Gasteiger partial charge is 0.208 e. The lowest BCUT2D eigenvalue weighted by molar-refractivity contribution is 0.577. The van der Waals surface area contributed by atoms with Crippen molar-refractivity contribution in [3.05, 3.63) is 28.0 Å². The zero-order chi connectivity index (χ0) is 15.8. The van der Waals surface area contributed by atoms with Crippen LogP contribution in [-0.2, 0) is 16.6 Å². The van der Waals surface area contributed by atoms with Crippen LogP contribution < -0.4 is 4.72 Å². The number of fused-ring (bicyclic) bond motifs is 1. The molecule has 5 nitrogen and oxygen atoms in total. The lowest BCUT2D eigenvalue weighted by Gasteiger charge is -2.11. The van der Waals surface area contributed by atoms with Crippen molar-refractivity contribution in [2.45, 2.75) is 18.8 Å². The number of sulfonamides is 1. The molecule has 1 heterocycles. The first kappa shape index (κ1) is 16.8. The van der Waals surface area contributed by atoms with Gasteiger partial charge in [-0.1, -0.05) is 23.2 Å². The second-order valence-corrected chi connectivity index (χ2v) is 7.96. The predicted octanol–water partition coefficient (Wildman–Crippen LogP) is 3.19. The molecule has 0 aliphatic heterocycles. The number of benzene rings is 1. The standard InChI is InChI=1S/C12H14Cl3N3O2S/c1-7(13)12-17-10-5-8(14)9(15)6-11(10)18(12)4-3-16-21(2,19)20/h5-7,16H,3-4H2,1-2H3. The van der Waals surface area contributed by atoms with Crippen LogP contribution in [0.4, 0.5) is 0 Å². The number of hydrogen-bond donors (Lipinski definition) is 1. The van der Waals surface area contributed by atoms with Crippen molar-refractivity contribution < 1.29 is 8.42 Å². The maximum Gasteiger partial charge on any atom is 0.208 e. The van der Waals surface area contributed by atoms with Crippen molar-refractivity contribution in [3.63, 3.8) is 0 Å². The molecule has 0 aliphatic rings. The number of nitrogens with zero attached hydrogens (tertiary/aromatic N) is 2. The maximum atomic E-state index is 11.1. The summed E-state index contributed by atoms with van der Waals surface area (Å²) in [6, 6.07) is 3.37. The zero-order valence-electron chi connectivity index (χ0n) is 11.4. The molecule has 1 aromatic carbocycles. The van der Waals surface area contributed by atoms with Gasteiger partial charge in [0.2, 0.25) is 10.0 Å². The first-order valence-corrected chi connectivity index (χ1v) is 9.21. The summed E-state index contributed by atoms with van der Waals surface area (Å²) in [5, 5.41) is 0.500. The fourth-order valence-electron chi connectivity index (χ4n) is 2.02. The van der Waals surface area contributed by atoms with Crippen molar-refractivity contribution in [1.29, 1.82) is 0 Å². The van der Waals surface area contributed by atoms with Crippen molar-refractivity contribution in [2.24, 2.45) is 0 Å². The number of hydrogen-bond acceptors (Lipinski definition) is 3. The highest BCUT2D eigenvalue weighted by molar-refractivity contribution is 7.88. The molecule has 2 rings (SSSR count). The normalized spacial score (nSPS) is 13.8. The summed E-state index contributed by atoms with van der Waals surface area (Å²) >= 11 is 18.2. The molecule has 2 aromatic rings. The summed E-state index contributed by atoms with van der Waals surface area (Å²) in [7, 11) is -3.24. The van der Waals surface area contributed by atoms with Gasteiger partial charge >= 0.3 is 0 Å². The molecule has 0 saturated carbocycles. The molecule has 0 fully saturated rings. The van der Waals surface area contributed by atoms with E-state index in [9.17, 15) is 8.42 Å². The van der Waals surface area contributed by atoms with Gasteiger partial charge in [-0.2, -0.15) is 0 Å². The molecule has 9 heteroatoms. The molecule has 0 spiro atoms. The molecule has 116 valence electrons. The van der Waals surface area contributed by atoms with E-state index in [-0.39, 0.29) is 11.9 Å². The first-order valence-electron chi connectivity index (χ1n) is 6.13. The summed E-state index contributed by atoms with van der Waals surface area (Å²) in [4.78, 5) is 4.44. The van der Waals surface area contributed by atoms with Gasteiger partial charge in [-0.15, -0.1) is 11.6 Å². The van der Waals surface area contributed by atoms with Gasteiger partial charge in [0.15, 0.2) is 0 Å². The fourth-order valence-corrected chi connectivity index (χ4v) is 2.96. The second-order valence-electron chi connectivity index (χ2n) is 4.66. The monoisotopic (exact) mass is 369 g/mol. The molecular formula is C12H14Cl3N3O2S. The van der Waals surface area contributed by atoms with Crippen molar-refractivity contribution in [1.82, 2.24) is 14.3 Å². The molecule has 0 saturated heterocycles. The van der Waals surface area contributed by atoms with Gasteiger partial charge in [0.1, 0.15) is 5.82 Å². The van der Waals surface area contributed by atoms with Crippen LogP contribution in [-0.4, -0.2) is 30.8 Å². The van der Waals surface area contributed by atoms with Gasteiger partial charge in [-0.25, -0.2) is 18.1 Å². The van der Waals surface area contributed by atoms with Crippen LogP contribution in [0.2, 0.25) is 10.0 Å². The molecule has 0 amide bonds. The quantitative estimate of drug-likeness (QED) is 0.822. The highest BCUT2D eigenvalue weighted by atomic mass is 35.5. The van der Waals surface area contributed by atoms with Crippen molar-refractivity contribution >= 4 is 55.9 Å². The molecule has 21 heavy (non-hydrogen) atoms. The number of imidazole rings is 1. The number of rotatable bonds is 5. The Labute approximate surface area is 138 Å². The van der Waals surface area contributed by atoms with Crippen LogP contribution in [0.5, 0.6) is 0 Å². The van der Waals surface area contributed by atoms with Crippen LogP contribution in [0.3, 0.4) is 0 Å². The van der Waals surface area contributed by atoms with E-state index in [2.05, 4.69) is 9.71 Å². The van der Waals surface area contributed by atoms with Gasteiger partial charge in [0.05, 0.1) is 32.7 Å². The van der Waals surface area contributed by atoms with Crippen LogP contribution in [0, 0.1) is 0 Å². The molecule has 1 atom stereocenters. The highest BCUT2D eigenvalue weighted by Gasteiger charge is 2.16. The third-order valence-electron chi connectivity index (χ3n) is 2.88. The minimum atomic E-state index is -3.24. The third-order valence-corrected chi connectivity index (χ3v) is 4.52. The Morgan fingerprint density at radius 3 is 2.52 bits per heavy atom. The van der Waals surface area contributed by atoms with E-state index in [4.69, 9.17) is 34.8 Å². The molecule has 1 unspecified atom stereocenters. The van der Waals surface area contributed by atoms with Gasteiger partial charge in [-0.05, 0) is 19.1 Å². The van der Waals surface area contributed by atoms with Crippen LogP contribution in [0.25, 0.3) is 11.0 Å². The fraction of sp³-hybridized carbons (Fsp3) is 0.417. The Morgan fingerprint density at radius 2 is 1.95 bits per heavy atom. The molecule has 0 aliphatic carbocycles. The van der Waals surface area contributed by atoms with E-state index in [0.29, 0.717) is 27.9 Å². The molecule has 1 N–H and O–H groups in total. The molecule has 0 bridgehead atoms. The topological polar surface area (TPSA) is 64.0 Å². The molecule has 0 radical (unpaired) electrons. The highest BCUT2D eigenvalue weighted by Crippen LogP contribution is 2.30. The Bertz CT molecular complexity index is 772. The van der Waals surface area contributed by atoms with Gasteiger partial charge in [0, 0.05) is 13.1 Å². The number of alkyl halides is 1. The second kappa shape index (κ2) is 6.30. The predicted molar refractivity (Wildman–Crippen MR) is 86.9 cm³/mol. The van der Waals surface area contributed by atoms with Gasteiger partial charge < -0.3 is 4.57 Å². The third kappa shape index (κ3) is 4.02. The van der Waals surface area contributed by atoms with Gasteiger partial charge in [-0.3, -0.25) is 0 Å². The SMILES string of the molecule is CC(Cl)c1nc2cc(Cl)c(Cl)cc2n1CCNS(C)(=O)=O. The van der Waals surface area contributed by atoms with Crippen LogP contribution in [0.1, 0.15) is 18.1 Å². The number of aromatic nitrogens is 2. The average molecular weight is 371 g/mol. The largest absolute Gasteiger partial charge is 0.325 e. The zero-order valence-corrected chi connectivity index (χ0v) is 14.5. The Hall–Kier alpha value is -0.530. The minimum absolute atomic E-state index is 0.237.